The third kappa shape index (κ3) is 3.65. The molecule has 2 N–H and O–H groups in total. The van der Waals surface area contributed by atoms with E-state index >= 15 is 0 Å². The molecule has 0 aliphatic heterocycles. The number of halogens is 1. The molecule has 0 aliphatic rings. The maximum atomic E-state index is 13.5. The van der Waals surface area contributed by atoms with Gasteiger partial charge in [-0.1, -0.05) is 18.2 Å². The maximum absolute atomic E-state index is 13.5. The van der Waals surface area contributed by atoms with Crippen molar-refractivity contribution in [2.24, 2.45) is 0 Å². The number of hydrogen-bond donors (Lipinski definition) is 2. The number of thioether (sulfide) groups is 1. The molecule has 2 amide bonds. The van der Waals surface area contributed by atoms with Crippen molar-refractivity contribution in [3.05, 3.63) is 65.0 Å². The van der Waals surface area contributed by atoms with Crippen LogP contribution < -0.4 is 10.9 Å². The number of aryl methyl sites for hydroxylation is 1. The number of rotatable bonds is 3. The van der Waals surface area contributed by atoms with Crippen LogP contribution in [0, 0.1) is 12.7 Å². The minimum atomic E-state index is -0.704. The third-order valence-corrected chi connectivity index (χ3v) is 3.82. The summed E-state index contributed by atoms with van der Waals surface area (Å²) < 4.78 is 13.5. The lowest BCUT2D eigenvalue weighted by Gasteiger charge is -2.10. The molecule has 0 heterocycles. The zero-order chi connectivity index (χ0) is 16.1. The molecule has 4 nitrogen and oxygen atoms in total. The van der Waals surface area contributed by atoms with Gasteiger partial charge in [-0.15, -0.1) is 11.8 Å². The van der Waals surface area contributed by atoms with Crippen LogP contribution in [0.5, 0.6) is 0 Å². The first kappa shape index (κ1) is 16.0. The number of hydrogen-bond acceptors (Lipinski definition) is 3. The van der Waals surface area contributed by atoms with E-state index in [-0.39, 0.29) is 5.56 Å². The molecule has 0 bridgehead atoms. The number of nitrogens with one attached hydrogen (secondary N) is 2. The molecule has 6 heteroatoms. The van der Waals surface area contributed by atoms with Crippen molar-refractivity contribution >= 4 is 23.6 Å². The van der Waals surface area contributed by atoms with Gasteiger partial charge < -0.3 is 0 Å². The molecule has 114 valence electrons. The second kappa shape index (κ2) is 7.09. The van der Waals surface area contributed by atoms with Crippen LogP contribution in [0.25, 0.3) is 0 Å². The summed E-state index contributed by atoms with van der Waals surface area (Å²) in [6, 6.07) is 11.0. The van der Waals surface area contributed by atoms with Crippen molar-refractivity contribution in [3.8, 4) is 0 Å². The van der Waals surface area contributed by atoms with E-state index in [0.29, 0.717) is 5.56 Å². The predicted molar refractivity (Wildman–Crippen MR) is 84.3 cm³/mol. The van der Waals surface area contributed by atoms with Crippen LogP contribution in [-0.2, 0) is 0 Å². The van der Waals surface area contributed by atoms with Gasteiger partial charge in [0.2, 0.25) is 0 Å². The first-order valence-corrected chi connectivity index (χ1v) is 7.75. The summed E-state index contributed by atoms with van der Waals surface area (Å²) >= 11 is 1.52. The number of carbonyl (C=O) groups is 2. The van der Waals surface area contributed by atoms with E-state index in [9.17, 15) is 14.0 Å². The molecule has 0 unspecified atom stereocenters. The minimum Gasteiger partial charge on any atom is -0.267 e. The number of hydrazine groups is 1. The molecule has 0 fully saturated rings. The van der Waals surface area contributed by atoms with E-state index in [1.54, 1.807) is 19.1 Å². The number of amides is 2. The van der Waals surface area contributed by atoms with Crippen molar-refractivity contribution in [1.29, 1.82) is 0 Å². The van der Waals surface area contributed by atoms with E-state index < -0.39 is 17.6 Å². The Bertz CT molecular complexity index is 719. The normalized spacial score (nSPS) is 10.1. The molecule has 2 aromatic carbocycles. The van der Waals surface area contributed by atoms with Gasteiger partial charge in [-0.2, -0.15) is 0 Å². The lowest BCUT2D eigenvalue weighted by atomic mass is 10.1. The summed E-state index contributed by atoms with van der Waals surface area (Å²) in [7, 11) is 0. The van der Waals surface area contributed by atoms with Crippen molar-refractivity contribution in [3.63, 3.8) is 0 Å². The second-order valence-electron chi connectivity index (χ2n) is 4.57. The van der Waals surface area contributed by atoms with Crippen LogP contribution in [-0.4, -0.2) is 18.1 Å². The number of carbonyl (C=O) groups excluding carboxylic acids is 2. The van der Waals surface area contributed by atoms with Crippen LogP contribution >= 0.6 is 11.8 Å². The monoisotopic (exact) mass is 318 g/mol. The highest BCUT2D eigenvalue weighted by atomic mass is 32.2. The van der Waals surface area contributed by atoms with Gasteiger partial charge in [0.1, 0.15) is 5.82 Å². The molecule has 0 aliphatic carbocycles. The minimum absolute atomic E-state index is 0.127. The van der Waals surface area contributed by atoms with Gasteiger partial charge in [0, 0.05) is 10.5 Å². The zero-order valence-corrected chi connectivity index (χ0v) is 13.0. The van der Waals surface area contributed by atoms with Crippen molar-refractivity contribution in [1.82, 2.24) is 10.9 Å². The highest BCUT2D eigenvalue weighted by Crippen LogP contribution is 2.18. The third-order valence-electron chi connectivity index (χ3n) is 3.10. The molecule has 2 rings (SSSR count). The summed E-state index contributed by atoms with van der Waals surface area (Å²) in [6.45, 7) is 1.80. The Kier molecular flexibility index (Phi) is 5.16. The molecule has 0 spiro atoms. The van der Waals surface area contributed by atoms with E-state index in [1.807, 2.05) is 18.4 Å². The average Bonchev–Trinajstić information content (AvgIpc) is 2.53. The standard InChI is InChI=1S/C16H15FN2O2S/c1-10-7-8-11(22-2)9-13(10)16(21)19-18-15(20)12-5-3-4-6-14(12)17/h3-9H,1-2H3,(H,18,20)(H,19,21). The fourth-order valence-electron chi connectivity index (χ4n) is 1.87. The molecular weight excluding hydrogens is 303 g/mol. The van der Waals surface area contributed by atoms with Gasteiger partial charge >= 0.3 is 0 Å². The Morgan fingerprint density at radius 1 is 1.00 bits per heavy atom. The molecule has 0 atom stereocenters. The van der Waals surface area contributed by atoms with Gasteiger partial charge in [0.25, 0.3) is 11.8 Å². The Hall–Kier alpha value is -2.34. The van der Waals surface area contributed by atoms with Crippen molar-refractivity contribution in [2.75, 3.05) is 6.26 Å². The molecule has 0 aromatic heterocycles. The summed E-state index contributed by atoms with van der Waals surface area (Å²) in [4.78, 5) is 24.9. The van der Waals surface area contributed by atoms with Crippen molar-refractivity contribution in [2.45, 2.75) is 11.8 Å². The Morgan fingerprint density at radius 3 is 2.27 bits per heavy atom. The molecular formula is C16H15FN2O2S. The first-order valence-electron chi connectivity index (χ1n) is 6.52. The van der Waals surface area contributed by atoms with Crippen LogP contribution in [0.3, 0.4) is 0 Å². The van der Waals surface area contributed by atoms with E-state index in [4.69, 9.17) is 0 Å². The van der Waals surface area contributed by atoms with Gasteiger partial charge in [-0.25, -0.2) is 4.39 Å². The molecule has 0 saturated heterocycles. The van der Waals surface area contributed by atoms with E-state index in [2.05, 4.69) is 10.9 Å². The maximum Gasteiger partial charge on any atom is 0.272 e. The molecule has 2 aromatic rings. The summed E-state index contributed by atoms with van der Waals surface area (Å²) in [5.41, 5.74) is 5.64. The summed E-state index contributed by atoms with van der Waals surface area (Å²) in [5.74, 6) is -1.79. The molecule has 0 saturated carbocycles. The lowest BCUT2D eigenvalue weighted by molar-refractivity contribution is 0.0843. The Labute approximate surface area is 132 Å². The first-order chi connectivity index (χ1) is 10.5. The summed E-state index contributed by atoms with van der Waals surface area (Å²) in [6.07, 6.45) is 1.91. The molecule has 0 radical (unpaired) electrons. The van der Waals surface area contributed by atoms with Crippen LogP contribution in [0.2, 0.25) is 0 Å². The van der Waals surface area contributed by atoms with Gasteiger partial charge in [-0.05, 0) is 43.0 Å². The quantitative estimate of drug-likeness (QED) is 0.676. The van der Waals surface area contributed by atoms with Gasteiger partial charge in [0.05, 0.1) is 5.56 Å². The second-order valence-corrected chi connectivity index (χ2v) is 5.45. The van der Waals surface area contributed by atoms with Gasteiger partial charge in [0.15, 0.2) is 0 Å². The van der Waals surface area contributed by atoms with E-state index in [0.717, 1.165) is 10.5 Å². The SMILES string of the molecule is CSc1ccc(C)c(C(=O)NNC(=O)c2ccccc2F)c1. The Balaban J connectivity index is 2.07. The van der Waals surface area contributed by atoms with E-state index in [1.165, 1.54) is 30.0 Å². The highest BCUT2D eigenvalue weighted by Gasteiger charge is 2.14. The summed E-state index contributed by atoms with van der Waals surface area (Å²) in [5, 5.41) is 0. The fraction of sp³-hybridized carbons (Fsp3) is 0.125. The average molecular weight is 318 g/mol. The Morgan fingerprint density at radius 2 is 1.64 bits per heavy atom. The zero-order valence-electron chi connectivity index (χ0n) is 12.1. The predicted octanol–water partition coefficient (Wildman–Crippen LogP) is 2.93. The van der Waals surface area contributed by atoms with Crippen LogP contribution in [0.4, 0.5) is 4.39 Å². The largest absolute Gasteiger partial charge is 0.272 e. The smallest absolute Gasteiger partial charge is 0.267 e. The molecule has 22 heavy (non-hydrogen) atoms. The fourth-order valence-corrected chi connectivity index (χ4v) is 2.31. The highest BCUT2D eigenvalue weighted by molar-refractivity contribution is 7.98. The lowest BCUT2D eigenvalue weighted by Crippen LogP contribution is -2.42. The number of benzene rings is 2. The van der Waals surface area contributed by atoms with Gasteiger partial charge in [-0.3, -0.25) is 20.4 Å². The van der Waals surface area contributed by atoms with Crippen LogP contribution in [0.1, 0.15) is 26.3 Å². The van der Waals surface area contributed by atoms with Crippen molar-refractivity contribution < 1.29 is 14.0 Å². The van der Waals surface area contributed by atoms with Crippen LogP contribution in [0.15, 0.2) is 47.4 Å². The topological polar surface area (TPSA) is 58.2 Å².